The standard InChI is InChI=1S/C17H22FN3O/c1-12-17(13(2)20-19-12)11-21-6-7-22-16(10-21)9-14-4-3-5-15(18)8-14/h3-5,8,16H,6-7,9-11H2,1-2H3,(H,19,20)/t16-/m0/s1. The van der Waals surface area contributed by atoms with Crippen LogP contribution in [-0.4, -0.2) is 40.9 Å². The molecule has 1 aliphatic heterocycles. The molecule has 0 saturated carbocycles. The predicted octanol–water partition coefficient (Wildman–Crippen LogP) is 2.61. The van der Waals surface area contributed by atoms with Crippen LogP contribution in [0.3, 0.4) is 0 Å². The molecule has 5 heteroatoms. The van der Waals surface area contributed by atoms with Crippen molar-refractivity contribution in [3.63, 3.8) is 0 Å². The average Bonchev–Trinajstić information content (AvgIpc) is 2.80. The molecule has 1 aromatic heterocycles. The minimum atomic E-state index is -0.185. The first-order valence-electron chi connectivity index (χ1n) is 7.70. The van der Waals surface area contributed by atoms with Crippen molar-refractivity contribution in [1.82, 2.24) is 15.1 Å². The number of halogens is 1. The van der Waals surface area contributed by atoms with Crippen LogP contribution in [0.15, 0.2) is 24.3 Å². The highest BCUT2D eigenvalue weighted by Crippen LogP contribution is 2.17. The minimum Gasteiger partial charge on any atom is -0.375 e. The molecular weight excluding hydrogens is 281 g/mol. The molecule has 0 unspecified atom stereocenters. The van der Waals surface area contributed by atoms with E-state index in [1.54, 1.807) is 12.1 Å². The third-order valence-electron chi connectivity index (χ3n) is 4.24. The van der Waals surface area contributed by atoms with E-state index in [9.17, 15) is 4.39 Å². The smallest absolute Gasteiger partial charge is 0.123 e. The van der Waals surface area contributed by atoms with Gasteiger partial charge in [0.15, 0.2) is 0 Å². The number of hydrogen-bond donors (Lipinski definition) is 1. The maximum absolute atomic E-state index is 13.3. The quantitative estimate of drug-likeness (QED) is 0.944. The van der Waals surface area contributed by atoms with Gasteiger partial charge in [0, 0.05) is 30.9 Å². The second kappa shape index (κ2) is 6.58. The number of aromatic amines is 1. The van der Waals surface area contributed by atoms with Gasteiger partial charge in [0.2, 0.25) is 0 Å². The fourth-order valence-electron chi connectivity index (χ4n) is 3.00. The number of aromatic nitrogens is 2. The van der Waals surface area contributed by atoms with Gasteiger partial charge >= 0.3 is 0 Å². The second-order valence-corrected chi connectivity index (χ2v) is 5.97. The van der Waals surface area contributed by atoms with Crippen LogP contribution in [0.5, 0.6) is 0 Å². The highest BCUT2D eigenvalue weighted by Gasteiger charge is 2.22. The van der Waals surface area contributed by atoms with Crippen molar-refractivity contribution in [2.75, 3.05) is 19.7 Å². The molecule has 1 atom stereocenters. The highest BCUT2D eigenvalue weighted by molar-refractivity contribution is 5.23. The first-order valence-corrected chi connectivity index (χ1v) is 7.70. The Morgan fingerprint density at radius 3 is 3.00 bits per heavy atom. The Balaban J connectivity index is 1.62. The summed E-state index contributed by atoms with van der Waals surface area (Å²) in [5, 5.41) is 7.29. The molecule has 0 radical (unpaired) electrons. The predicted molar refractivity (Wildman–Crippen MR) is 83.2 cm³/mol. The maximum Gasteiger partial charge on any atom is 0.123 e. The molecule has 1 aliphatic rings. The minimum absolute atomic E-state index is 0.114. The fraction of sp³-hybridized carbons (Fsp3) is 0.471. The van der Waals surface area contributed by atoms with Gasteiger partial charge in [-0.3, -0.25) is 10.00 Å². The Hall–Kier alpha value is -1.72. The number of benzene rings is 1. The summed E-state index contributed by atoms with van der Waals surface area (Å²) in [6, 6.07) is 6.77. The van der Waals surface area contributed by atoms with Crippen LogP contribution in [0.25, 0.3) is 0 Å². The summed E-state index contributed by atoms with van der Waals surface area (Å²) in [5.74, 6) is -0.185. The molecule has 0 amide bonds. The van der Waals surface area contributed by atoms with Gasteiger partial charge in [-0.1, -0.05) is 12.1 Å². The first-order chi connectivity index (χ1) is 10.6. The molecule has 0 aliphatic carbocycles. The van der Waals surface area contributed by atoms with Gasteiger partial charge in [0.1, 0.15) is 5.82 Å². The Bertz CT molecular complexity index is 621. The van der Waals surface area contributed by atoms with E-state index in [4.69, 9.17) is 4.74 Å². The summed E-state index contributed by atoms with van der Waals surface area (Å²) in [6.45, 7) is 7.47. The zero-order chi connectivity index (χ0) is 15.5. The molecule has 118 valence electrons. The molecule has 0 spiro atoms. The van der Waals surface area contributed by atoms with Crippen LogP contribution in [0.2, 0.25) is 0 Å². The van der Waals surface area contributed by atoms with Crippen molar-refractivity contribution < 1.29 is 9.13 Å². The topological polar surface area (TPSA) is 41.2 Å². The van der Waals surface area contributed by atoms with E-state index in [-0.39, 0.29) is 11.9 Å². The third kappa shape index (κ3) is 3.54. The lowest BCUT2D eigenvalue weighted by Crippen LogP contribution is -2.43. The summed E-state index contributed by atoms with van der Waals surface area (Å²) < 4.78 is 19.1. The monoisotopic (exact) mass is 303 g/mol. The Morgan fingerprint density at radius 1 is 1.41 bits per heavy atom. The molecule has 1 saturated heterocycles. The Labute approximate surface area is 130 Å². The van der Waals surface area contributed by atoms with Gasteiger partial charge in [-0.05, 0) is 38.0 Å². The lowest BCUT2D eigenvalue weighted by atomic mass is 10.1. The van der Waals surface area contributed by atoms with Gasteiger partial charge in [0.25, 0.3) is 0 Å². The van der Waals surface area contributed by atoms with Crippen LogP contribution < -0.4 is 0 Å². The van der Waals surface area contributed by atoms with Crippen LogP contribution in [0.4, 0.5) is 4.39 Å². The SMILES string of the molecule is Cc1n[nH]c(C)c1CN1CCO[C@@H](Cc2cccc(F)c2)C1. The van der Waals surface area contributed by atoms with Crippen molar-refractivity contribution in [2.45, 2.75) is 32.9 Å². The van der Waals surface area contributed by atoms with Crippen LogP contribution in [0, 0.1) is 19.7 Å². The molecule has 4 nitrogen and oxygen atoms in total. The van der Waals surface area contributed by atoms with E-state index in [0.29, 0.717) is 0 Å². The average molecular weight is 303 g/mol. The summed E-state index contributed by atoms with van der Waals surface area (Å²) >= 11 is 0. The molecule has 1 aromatic carbocycles. The van der Waals surface area contributed by atoms with Crippen molar-refractivity contribution in [1.29, 1.82) is 0 Å². The van der Waals surface area contributed by atoms with E-state index in [0.717, 1.165) is 49.6 Å². The van der Waals surface area contributed by atoms with Gasteiger partial charge in [-0.15, -0.1) is 0 Å². The van der Waals surface area contributed by atoms with Crippen molar-refractivity contribution >= 4 is 0 Å². The van der Waals surface area contributed by atoms with E-state index in [1.807, 2.05) is 13.0 Å². The maximum atomic E-state index is 13.3. The highest BCUT2D eigenvalue weighted by atomic mass is 19.1. The summed E-state index contributed by atoms with van der Waals surface area (Å²) in [5.41, 5.74) is 4.45. The normalized spacial score (nSPS) is 19.5. The van der Waals surface area contributed by atoms with Crippen molar-refractivity contribution in [2.24, 2.45) is 0 Å². The molecule has 2 heterocycles. The lowest BCUT2D eigenvalue weighted by molar-refractivity contribution is -0.0306. The number of nitrogens with zero attached hydrogens (tertiary/aromatic N) is 2. The number of H-pyrrole nitrogens is 1. The van der Waals surface area contributed by atoms with E-state index < -0.39 is 0 Å². The molecule has 2 aromatic rings. The zero-order valence-electron chi connectivity index (χ0n) is 13.1. The van der Waals surface area contributed by atoms with Crippen LogP contribution >= 0.6 is 0 Å². The Morgan fingerprint density at radius 2 is 2.27 bits per heavy atom. The summed E-state index contributed by atoms with van der Waals surface area (Å²) in [6.07, 6.45) is 0.862. The number of hydrogen-bond acceptors (Lipinski definition) is 3. The van der Waals surface area contributed by atoms with Gasteiger partial charge in [0.05, 0.1) is 18.4 Å². The van der Waals surface area contributed by atoms with E-state index in [2.05, 4.69) is 22.0 Å². The van der Waals surface area contributed by atoms with Gasteiger partial charge in [-0.25, -0.2) is 4.39 Å². The number of nitrogens with one attached hydrogen (secondary N) is 1. The van der Waals surface area contributed by atoms with Crippen molar-refractivity contribution in [3.05, 3.63) is 52.6 Å². The zero-order valence-corrected chi connectivity index (χ0v) is 13.1. The van der Waals surface area contributed by atoms with Crippen molar-refractivity contribution in [3.8, 4) is 0 Å². The number of rotatable bonds is 4. The van der Waals surface area contributed by atoms with Gasteiger partial charge in [-0.2, -0.15) is 5.10 Å². The van der Waals surface area contributed by atoms with E-state index in [1.165, 1.54) is 11.6 Å². The number of aryl methyl sites for hydroxylation is 2. The van der Waals surface area contributed by atoms with E-state index >= 15 is 0 Å². The number of morpholine rings is 1. The number of ether oxygens (including phenoxy) is 1. The molecule has 22 heavy (non-hydrogen) atoms. The molecule has 3 rings (SSSR count). The van der Waals surface area contributed by atoms with Crippen LogP contribution in [0.1, 0.15) is 22.5 Å². The lowest BCUT2D eigenvalue weighted by Gasteiger charge is -2.33. The largest absolute Gasteiger partial charge is 0.375 e. The summed E-state index contributed by atoms with van der Waals surface area (Å²) in [7, 11) is 0. The fourth-order valence-corrected chi connectivity index (χ4v) is 3.00. The van der Waals surface area contributed by atoms with Crippen LogP contribution in [-0.2, 0) is 17.7 Å². The first kappa shape index (κ1) is 15.2. The Kier molecular flexibility index (Phi) is 4.55. The molecule has 1 N–H and O–H groups in total. The second-order valence-electron chi connectivity index (χ2n) is 5.97. The summed E-state index contributed by atoms with van der Waals surface area (Å²) in [4.78, 5) is 2.39. The van der Waals surface area contributed by atoms with Gasteiger partial charge < -0.3 is 4.74 Å². The molecule has 1 fully saturated rings. The molecular formula is C17H22FN3O. The molecule has 0 bridgehead atoms. The third-order valence-corrected chi connectivity index (χ3v) is 4.24.